The van der Waals surface area contributed by atoms with Crippen molar-refractivity contribution >= 4 is 40.5 Å². The Hall–Kier alpha value is 0.307. The second-order valence-corrected chi connectivity index (χ2v) is 12.0. The van der Waals surface area contributed by atoms with Crippen molar-refractivity contribution in [3.8, 4) is 0 Å². The Morgan fingerprint density at radius 2 is 1.79 bits per heavy atom. The fraction of sp³-hybridized carbons (Fsp3) is 0.400. The SMILES string of the molecule is C[Si](Cl)(Cl)C[C@@H](CCl)c1ccccc1. The molecule has 0 heterocycles. The van der Waals surface area contributed by atoms with Crippen LogP contribution in [0.25, 0.3) is 0 Å². The maximum atomic E-state index is 6.10. The second kappa shape index (κ2) is 5.41. The largest absolute Gasteiger partial charge is 0.249 e. The Balaban J connectivity index is 2.73. The monoisotopic (exact) mass is 266 g/mol. The van der Waals surface area contributed by atoms with Gasteiger partial charge in [-0.2, -0.15) is 0 Å². The third kappa shape index (κ3) is 4.22. The first-order valence-electron chi connectivity index (χ1n) is 4.51. The number of benzene rings is 1. The van der Waals surface area contributed by atoms with Gasteiger partial charge < -0.3 is 0 Å². The third-order valence-electron chi connectivity index (χ3n) is 2.06. The molecule has 4 heteroatoms. The summed E-state index contributed by atoms with van der Waals surface area (Å²) in [6, 6.07) is 11.0. The lowest BCUT2D eigenvalue weighted by Crippen LogP contribution is -2.18. The molecule has 0 aromatic heterocycles. The molecule has 0 aliphatic rings. The average molecular weight is 268 g/mol. The highest BCUT2D eigenvalue weighted by atomic mass is 35.7. The standard InChI is InChI=1S/C10H13Cl3Si/c1-14(12,13)8-10(7-11)9-5-3-2-4-6-9/h2-6,10H,7-8H2,1H3/t10-/m1/s1. The van der Waals surface area contributed by atoms with E-state index in [4.69, 9.17) is 33.8 Å². The molecule has 0 unspecified atom stereocenters. The van der Waals surface area contributed by atoms with E-state index in [0.717, 1.165) is 6.04 Å². The molecule has 0 radical (unpaired) electrons. The van der Waals surface area contributed by atoms with Gasteiger partial charge in [-0.3, -0.25) is 0 Å². The Labute approximate surface area is 101 Å². The summed E-state index contributed by atoms with van der Waals surface area (Å²) in [5, 5.41) is 0. The first kappa shape index (κ1) is 12.4. The smallest absolute Gasteiger partial charge is 0.146 e. The van der Waals surface area contributed by atoms with Crippen LogP contribution in [0.3, 0.4) is 0 Å². The predicted octanol–water partition coefficient (Wildman–Crippen LogP) is 4.56. The van der Waals surface area contributed by atoms with Crippen LogP contribution in [0.5, 0.6) is 0 Å². The molecule has 0 fully saturated rings. The van der Waals surface area contributed by atoms with E-state index in [9.17, 15) is 0 Å². The minimum Gasteiger partial charge on any atom is -0.146 e. The first-order chi connectivity index (χ1) is 6.53. The van der Waals surface area contributed by atoms with Crippen LogP contribution < -0.4 is 0 Å². The number of alkyl halides is 1. The summed E-state index contributed by atoms with van der Waals surface area (Å²) in [6.07, 6.45) is 0. The highest BCUT2D eigenvalue weighted by Crippen LogP contribution is 2.31. The van der Waals surface area contributed by atoms with Crippen molar-refractivity contribution in [3.05, 3.63) is 35.9 Å². The predicted molar refractivity (Wildman–Crippen MR) is 68.0 cm³/mol. The molecule has 1 aromatic rings. The van der Waals surface area contributed by atoms with Gasteiger partial charge in [-0.25, -0.2) is 0 Å². The van der Waals surface area contributed by atoms with Crippen LogP contribution in [0, 0.1) is 0 Å². The Bertz CT molecular complexity index is 268. The molecule has 1 atom stereocenters. The molecule has 1 aromatic carbocycles. The van der Waals surface area contributed by atoms with Gasteiger partial charge in [0.05, 0.1) is 0 Å². The molecule has 0 amide bonds. The van der Waals surface area contributed by atoms with E-state index in [1.165, 1.54) is 5.56 Å². The lowest BCUT2D eigenvalue weighted by molar-refractivity contribution is 0.864. The third-order valence-corrected chi connectivity index (χ3v) is 4.57. The van der Waals surface area contributed by atoms with E-state index in [-0.39, 0.29) is 5.92 Å². The minimum atomic E-state index is -2.06. The molecular formula is C10H13Cl3Si. The van der Waals surface area contributed by atoms with Crippen LogP contribution in [0.1, 0.15) is 11.5 Å². The summed E-state index contributed by atoms with van der Waals surface area (Å²) in [5.74, 6) is 0.857. The van der Waals surface area contributed by atoms with Crippen molar-refractivity contribution in [2.24, 2.45) is 0 Å². The van der Waals surface area contributed by atoms with E-state index in [1.54, 1.807) is 0 Å². The number of hydrogen-bond donors (Lipinski definition) is 0. The number of hydrogen-bond acceptors (Lipinski definition) is 0. The molecule has 0 aliphatic heterocycles. The molecular weight excluding hydrogens is 255 g/mol. The van der Waals surface area contributed by atoms with Crippen molar-refractivity contribution in [1.29, 1.82) is 0 Å². The highest BCUT2D eigenvalue weighted by molar-refractivity contribution is 7.44. The van der Waals surface area contributed by atoms with Crippen LogP contribution in [-0.2, 0) is 0 Å². The summed E-state index contributed by atoms with van der Waals surface area (Å²) in [4.78, 5) is 0. The minimum absolute atomic E-state index is 0.282. The number of halogens is 3. The zero-order valence-electron chi connectivity index (χ0n) is 8.01. The van der Waals surface area contributed by atoms with Gasteiger partial charge in [0.1, 0.15) is 0 Å². The van der Waals surface area contributed by atoms with E-state index in [2.05, 4.69) is 12.1 Å². The Morgan fingerprint density at radius 1 is 1.21 bits per heavy atom. The van der Waals surface area contributed by atoms with Gasteiger partial charge in [0, 0.05) is 5.88 Å². The summed E-state index contributed by atoms with van der Waals surface area (Å²) in [7, 11) is 0. The summed E-state index contributed by atoms with van der Waals surface area (Å²) >= 11 is 18.1. The van der Waals surface area contributed by atoms with Crippen LogP contribution in [0.4, 0.5) is 0 Å². The fourth-order valence-corrected chi connectivity index (χ4v) is 4.25. The van der Waals surface area contributed by atoms with Gasteiger partial charge in [0.15, 0.2) is 0 Å². The molecule has 0 nitrogen and oxygen atoms in total. The van der Waals surface area contributed by atoms with Gasteiger partial charge in [-0.1, -0.05) is 30.3 Å². The fourth-order valence-electron chi connectivity index (χ4n) is 1.42. The highest BCUT2D eigenvalue weighted by Gasteiger charge is 2.26. The van der Waals surface area contributed by atoms with Crippen LogP contribution >= 0.6 is 33.8 Å². The summed E-state index contributed by atoms with van der Waals surface area (Å²) in [5.41, 5.74) is 1.22. The van der Waals surface area contributed by atoms with E-state index in [1.807, 2.05) is 24.7 Å². The second-order valence-electron chi connectivity index (χ2n) is 3.54. The number of rotatable bonds is 4. The molecule has 1 rings (SSSR count). The van der Waals surface area contributed by atoms with E-state index >= 15 is 0 Å². The molecule has 0 saturated carbocycles. The van der Waals surface area contributed by atoms with Gasteiger partial charge in [-0.05, 0) is 24.1 Å². The maximum absolute atomic E-state index is 6.10. The quantitative estimate of drug-likeness (QED) is 0.426. The van der Waals surface area contributed by atoms with Crippen LogP contribution in [-0.4, -0.2) is 12.6 Å². The Morgan fingerprint density at radius 3 is 2.21 bits per heavy atom. The van der Waals surface area contributed by atoms with Crippen molar-refractivity contribution in [2.45, 2.75) is 18.5 Å². The molecule has 0 N–H and O–H groups in total. The van der Waals surface area contributed by atoms with E-state index < -0.39 is 6.69 Å². The van der Waals surface area contributed by atoms with Crippen molar-refractivity contribution < 1.29 is 0 Å². The topological polar surface area (TPSA) is 0 Å². The summed E-state index contributed by atoms with van der Waals surface area (Å²) in [6.45, 7) is -0.135. The van der Waals surface area contributed by atoms with E-state index in [0.29, 0.717) is 5.88 Å². The normalized spacial score (nSPS) is 14.0. The molecule has 0 spiro atoms. The van der Waals surface area contributed by atoms with Gasteiger partial charge in [0.2, 0.25) is 6.69 Å². The first-order valence-corrected chi connectivity index (χ1v) is 9.78. The van der Waals surface area contributed by atoms with Crippen LogP contribution in [0.2, 0.25) is 12.6 Å². The van der Waals surface area contributed by atoms with Crippen LogP contribution in [0.15, 0.2) is 30.3 Å². The average Bonchev–Trinajstić information content (AvgIpc) is 2.14. The Kier molecular flexibility index (Phi) is 4.78. The summed E-state index contributed by atoms with van der Waals surface area (Å²) < 4.78 is 0. The molecule has 0 saturated heterocycles. The zero-order valence-corrected chi connectivity index (χ0v) is 11.3. The molecule has 0 bridgehead atoms. The molecule has 0 aliphatic carbocycles. The van der Waals surface area contributed by atoms with Crippen molar-refractivity contribution in [2.75, 3.05) is 5.88 Å². The van der Waals surface area contributed by atoms with Gasteiger partial charge >= 0.3 is 0 Å². The van der Waals surface area contributed by atoms with Gasteiger partial charge in [-0.15, -0.1) is 33.8 Å². The molecule has 78 valence electrons. The lowest BCUT2D eigenvalue weighted by Gasteiger charge is -2.19. The molecule has 14 heavy (non-hydrogen) atoms. The van der Waals surface area contributed by atoms with Crippen molar-refractivity contribution in [3.63, 3.8) is 0 Å². The maximum Gasteiger partial charge on any atom is 0.249 e. The zero-order chi connectivity index (χ0) is 10.6. The van der Waals surface area contributed by atoms with Gasteiger partial charge in [0.25, 0.3) is 0 Å². The van der Waals surface area contributed by atoms with Crippen molar-refractivity contribution in [1.82, 2.24) is 0 Å². The lowest BCUT2D eigenvalue weighted by atomic mass is 10.0.